The lowest BCUT2D eigenvalue weighted by atomic mass is 10.1. The summed E-state index contributed by atoms with van der Waals surface area (Å²) >= 11 is 0. The van der Waals surface area contributed by atoms with E-state index in [0.29, 0.717) is 10.8 Å². The fraction of sp³-hybridized carbons (Fsp3) is 0.500. The van der Waals surface area contributed by atoms with Crippen LogP contribution >= 0.6 is 0 Å². The van der Waals surface area contributed by atoms with Crippen molar-refractivity contribution in [1.82, 2.24) is 19.8 Å². The van der Waals surface area contributed by atoms with Crippen molar-refractivity contribution in [2.24, 2.45) is 0 Å². The van der Waals surface area contributed by atoms with E-state index in [2.05, 4.69) is 5.32 Å². The van der Waals surface area contributed by atoms with Crippen molar-refractivity contribution in [3.8, 4) is 0 Å². The third kappa shape index (κ3) is 4.17. The minimum absolute atomic E-state index is 0.0852. The lowest BCUT2D eigenvalue weighted by molar-refractivity contribution is -0.270. The van der Waals surface area contributed by atoms with Gasteiger partial charge in [-0.25, -0.2) is 14.2 Å². The molecule has 0 saturated heterocycles. The molecule has 0 spiro atoms. The highest BCUT2D eigenvalue weighted by molar-refractivity contribution is 5.76. The first-order valence-corrected chi connectivity index (χ1v) is 6.32. The van der Waals surface area contributed by atoms with Gasteiger partial charge in [-0.2, -0.15) is 4.39 Å². The van der Waals surface area contributed by atoms with Crippen LogP contribution in [-0.4, -0.2) is 45.2 Å². The number of amides is 2. The van der Waals surface area contributed by atoms with Crippen molar-refractivity contribution < 1.29 is 19.1 Å². The van der Waals surface area contributed by atoms with Crippen LogP contribution in [0.3, 0.4) is 0 Å². The molecule has 1 heterocycles. The summed E-state index contributed by atoms with van der Waals surface area (Å²) in [4.78, 5) is 47.5. The van der Waals surface area contributed by atoms with Gasteiger partial charge in [0.15, 0.2) is 0 Å². The van der Waals surface area contributed by atoms with Gasteiger partial charge in [0.05, 0.1) is 6.20 Å². The average Bonchev–Trinajstić information content (AvgIpc) is 2.36. The highest BCUT2D eigenvalue weighted by Crippen LogP contribution is 2.11. The zero-order chi connectivity index (χ0) is 17.1. The summed E-state index contributed by atoms with van der Waals surface area (Å²) in [7, 11) is 0. The number of carboxylic acid groups (broad SMARTS) is 1. The summed E-state index contributed by atoms with van der Waals surface area (Å²) < 4.78 is 13.4. The number of aromatic nitrogens is 2. The minimum Gasteiger partial charge on any atom is -0.530 e. The Kier molecular flexibility index (Phi) is 5.07. The molecule has 0 unspecified atom stereocenters. The van der Waals surface area contributed by atoms with E-state index in [0.717, 1.165) is 4.90 Å². The standard InChI is InChI=1S/C12H17FN4O5/c1-12(2,3)17(11(21)22)5-4-14-9(19)16-6-7(13)8(18)15-10(16)20/h6H,4-5H2,1-3H3,(H,14,19)(H,21,22)(H,15,18,20)/p-1. The molecule has 0 aliphatic carbocycles. The zero-order valence-corrected chi connectivity index (χ0v) is 12.3. The van der Waals surface area contributed by atoms with Crippen molar-refractivity contribution in [1.29, 1.82) is 0 Å². The van der Waals surface area contributed by atoms with Gasteiger partial charge in [0.2, 0.25) is 5.82 Å². The van der Waals surface area contributed by atoms with E-state index in [1.807, 2.05) is 0 Å². The molecule has 0 aliphatic rings. The number of nitrogens with zero attached hydrogens (tertiary/aromatic N) is 2. The maximum atomic E-state index is 13.1. The van der Waals surface area contributed by atoms with E-state index < -0.39 is 34.7 Å². The van der Waals surface area contributed by atoms with Crippen LogP contribution in [-0.2, 0) is 0 Å². The molecule has 0 bridgehead atoms. The molecule has 0 aliphatic heterocycles. The van der Waals surface area contributed by atoms with Gasteiger partial charge in [-0.15, -0.1) is 0 Å². The first-order chi connectivity index (χ1) is 10.0. The van der Waals surface area contributed by atoms with Crippen LogP contribution in [0.4, 0.5) is 14.0 Å². The van der Waals surface area contributed by atoms with Gasteiger partial charge in [0.25, 0.3) is 5.56 Å². The van der Waals surface area contributed by atoms with Crippen molar-refractivity contribution >= 4 is 12.1 Å². The van der Waals surface area contributed by atoms with Crippen LogP contribution in [0.1, 0.15) is 20.8 Å². The second-order valence-corrected chi connectivity index (χ2v) is 5.43. The molecule has 0 radical (unpaired) electrons. The molecule has 0 saturated carbocycles. The van der Waals surface area contributed by atoms with Crippen LogP contribution in [0.25, 0.3) is 0 Å². The fourth-order valence-corrected chi connectivity index (χ4v) is 1.66. The lowest BCUT2D eigenvalue weighted by Crippen LogP contribution is -2.54. The van der Waals surface area contributed by atoms with E-state index in [9.17, 15) is 28.7 Å². The maximum Gasteiger partial charge on any atom is 0.336 e. The van der Waals surface area contributed by atoms with Crippen LogP contribution in [0, 0.1) is 5.82 Å². The van der Waals surface area contributed by atoms with Gasteiger partial charge >= 0.3 is 11.7 Å². The van der Waals surface area contributed by atoms with Crippen LogP contribution < -0.4 is 21.7 Å². The third-order valence-corrected chi connectivity index (χ3v) is 2.76. The lowest BCUT2D eigenvalue weighted by Gasteiger charge is -2.37. The number of carbonyl (C=O) groups is 2. The van der Waals surface area contributed by atoms with E-state index in [1.165, 1.54) is 0 Å². The second-order valence-electron chi connectivity index (χ2n) is 5.43. The monoisotopic (exact) mass is 315 g/mol. The smallest absolute Gasteiger partial charge is 0.336 e. The molecule has 10 heteroatoms. The quantitative estimate of drug-likeness (QED) is 0.715. The Bertz CT molecular complexity index is 688. The predicted molar refractivity (Wildman–Crippen MR) is 71.9 cm³/mol. The molecule has 9 nitrogen and oxygen atoms in total. The summed E-state index contributed by atoms with van der Waals surface area (Å²) in [6.07, 6.45) is -0.953. The first kappa shape index (κ1) is 17.4. The molecule has 1 aromatic rings. The number of carbonyl (C=O) groups excluding carboxylic acids is 2. The summed E-state index contributed by atoms with van der Waals surface area (Å²) in [5.41, 5.74) is -3.06. The topological polar surface area (TPSA) is 127 Å². The SMILES string of the molecule is CC(C)(C)N(CCNC(=O)n1cc(F)c(=O)[nH]c1=O)C(=O)[O-]. The number of aromatic amines is 1. The highest BCUT2D eigenvalue weighted by atomic mass is 19.1. The van der Waals surface area contributed by atoms with Crippen molar-refractivity contribution in [3.05, 3.63) is 32.9 Å². The van der Waals surface area contributed by atoms with Crippen molar-refractivity contribution in [2.45, 2.75) is 26.3 Å². The summed E-state index contributed by atoms with van der Waals surface area (Å²) in [5.74, 6) is -1.29. The normalized spacial score (nSPS) is 11.1. The van der Waals surface area contributed by atoms with Gasteiger partial charge in [0, 0.05) is 18.6 Å². The Morgan fingerprint density at radius 2 is 2.00 bits per heavy atom. The van der Waals surface area contributed by atoms with Gasteiger partial charge in [-0.05, 0) is 20.8 Å². The molecular formula is C12H16FN4O5-. The highest BCUT2D eigenvalue weighted by Gasteiger charge is 2.21. The Hall–Kier alpha value is -2.65. The van der Waals surface area contributed by atoms with E-state index >= 15 is 0 Å². The van der Waals surface area contributed by atoms with Crippen LogP contribution in [0.15, 0.2) is 15.8 Å². The maximum absolute atomic E-state index is 13.1. The number of halogens is 1. The zero-order valence-electron chi connectivity index (χ0n) is 12.3. The molecule has 2 N–H and O–H groups in total. The van der Waals surface area contributed by atoms with Gasteiger partial charge in [-0.3, -0.25) is 9.78 Å². The first-order valence-electron chi connectivity index (χ1n) is 6.32. The molecule has 1 rings (SSSR count). The Morgan fingerprint density at radius 3 is 2.50 bits per heavy atom. The predicted octanol–water partition coefficient (Wildman–Crippen LogP) is -1.32. The Labute approximate surface area is 124 Å². The van der Waals surface area contributed by atoms with Gasteiger partial charge in [0.1, 0.15) is 6.09 Å². The molecule has 122 valence electrons. The number of hydrogen-bond donors (Lipinski definition) is 2. The molecule has 2 amide bonds. The largest absolute Gasteiger partial charge is 0.530 e. The summed E-state index contributed by atoms with van der Waals surface area (Å²) in [6, 6.07) is -0.993. The molecule has 0 fully saturated rings. The molecule has 1 aromatic heterocycles. The number of rotatable bonds is 3. The number of hydrogen-bond acceptors (Lipinski definition) is 5. The van der Waals surface area contributed by atoms with Gasteiger partial charge < -0.3 is 20.1 Å². The number of H-pyrrole nitrogens is 1. The third-order valence-electron chi connectivity index (χ3n) is 2.76. The van der Waals surface area contributed by atoms with E-state index in [1.54, 1.807) is 25.8 Å². The minimum atomic E-state index is -1.41. The molecule has 0 aromatic carbocycles. The average molecular weight is 315 g/mol. The summed E-state index contributed by atoms with van der Waals surface area (Å²) in [5, 5.41) is 13.2. The van der Waals surface area contributed by atoms with Crippen molar-refractivity contribution in [2.75, 3.05) is 13.1 Å². The summed E-state index contributed by atoms with van der Waals surface area (Å²) in [6.45, 7) is 4.72. The Balaban J connectivity index is 2.75. The van der Waals surface area contributed by atoms with E-state index in [-0.39, 0.29) is 13.1 Å². The van der Waals surface area contributed by atoms with Crippen LogP contribution in [0.5, 0.6) is 0 Å². The van der Waals surface area contributed by atoms with Crippen LogP contribution in [0.2, 0.25) is 0 Å². The fourth-order valence-electron chi connectivity index (χ4n) is 1.66. The Morgan fingerprint density at radius 1 is 1.41 bits per heavy atom. The van der Waals surface area contributed by atoms with Gasteiger partial charge in [-0.1, -0.05) is 0 Å². The van der Waals surface area contributed by atoms with E-state index in [4.69, 9.17) is 0 Å². The second kappa shape index (κ2) is 6.41. The molecular weight excluding hydrogens is 299 g/mol. The van der Waals surface area contributed by atoms with Crippen molar-refractivity contribution in [3.63, 3.8) is 0 Å². The molecule has 0 atom stereocenters. The number of nitrogens with one attached hydrogen (secondary N) is 2. The molecule has 22 heavy (non-hydrogen) atoms.